The zero-order valence-corrected chi connectivity index (χ0v) is 18.1. The van der Waals surface area contributed by atoms with Crippen LogP contribution < -0.4 is 26.2 Å². The molecule has 0 amide bonds. The van der Waals surface area contributed by atoms with E-state index >= 15 is 0 Å². The molecule has 1 aromatic carbocycles. The van der Waals surface area contributed by atoms with Crippen molar-refractivity contribution in [1.29, 1.82) is 0 Å². The van der Waals surface area contributed by atoms with E-state index in [1.807, 2.05) is 18.2 Å². The lowest BCUT2D eigenvalue weighted by atomic mass is 10.2. The second-order valence-electron chi connectivity index (χ2n) is 8.01. The van der Waals surface area contributed by atoms with E-state index in [-0.39, 0.29) is 5.95 Å². The van der Waals surface area contributed by atoms with Gasteiger partial charge in [-0.15, -0.1) is 5.10 Å². The fraction of sp³-hybridized carbons (Fsp3) is 0.429. The quantitative estimate of drug-likeness (QED) is 0.534. The van der Waals surface area contributed by atoms with Crippen LogP contribution in [0.1, 0.15) is 6.92 Å². The summed E-state index contributed by atoms with van der Waals surface area (Å²) in [5.41, 5.74) is 8.21. The Kier molecular flexibility index (Phi) is 5.73. The monoisotopic (exact) mass is 436 g/mol. The number of hydrogen-bond acceptors (Lipinski definition) is 10. The molecule has 0 radical (unpaired) electrons. The number of nitrogen functional groups attached to an aromatic ring is 1. The van der Waals surface area contributed by atoms with Crippen LogP contribution in [0.3, 0.4) is 0 Å². The molecule has 2 fully saturated rings. The van der Waals surface area contributed by atoms with Gasteiger partial charge in [0.05, 0.1) is 13.2 Å². The summed E-state index contributed by atoms with van der Waals surface area (Å²) in [4.78, 5) is 17.7. The average Bonchev–Trinajstić information content (AvgIpc) is 3.20. The largest absolute Gasteiger partial charge is 0.378 e. The lowest BCUT2D eigenvalue weighted by Gasteiger charge is -2.32. The molecule has 5 rings (SSSR count). The van der Waals surface area contributed by atoms with Crippen molar-refractivity contribution in [2.45, 2.75) is 13.0 Å². The first-order valence-electron chi connectivity index (χ1n) is 10.9. The first-order valence-corrected chi connectivity index (χ1v) is 10.9. The van der Waals surface area contributed by atoms with E-state index in [2.05, 4.69) is 59.5 Å². The summed E-state index contributed by atoms with van der Waals surface area (Å²) in [5, 5.41) is 11.2. The molecule has 3 aromatic rings. The number of nitrogens with zero attached hydrogens (tertiary/aromatic N) is 7. The van der Waals surface area contributed by atoms with Crippen LogP contribution >= 0.6 is 0 Å². The molecule has 0 saturated carbocycles. The van der Waals surface area contributed by atoms with Gasteiger partial charge in [-0.05, 0) is 31.2 Å². The first kappa shape index (κ1) is 20.5. The van der Waals surface area contributed by atoms with E-state index in [4.69, 9.17) is 10.5 Å². The van der Waals surface area contributed by atoms with Gasteiger partial charge in [-0.2, -0.15) is 9.67 Å². The van der Waals surface area contributed by atoms with Gasteiger partial charge in [0.2, 0.25) is 11.9 Å². The highest BCUT2D eigenvalue weighted by molar-refractivity contribution is 5.60. The van der Waals surface area contributed by atoms with Crippen molar-refractivity contribution in [2.75, 3.05) is 66.8 Å². The summed E-state index contributed by atoms with van der Waals surface area (Å²) in [6.07, 6.45) is 1.54. The molecule has 0 bridgehead atoms. The molecule has 2 aliphatic rings. The van der Waals surface area contributed by atoms with E-state index in [1.165, 1.54) is 16.7 Å². The van der Waals surface area contributed by atoms with Crippen LogP contribution in [0, 0.1) is 0 Å². The molecule has 2 aromatic heterocycles. The molecule has 11 nitrogen and oxygen atoms in total. The van der Waals surface area contributed by atoms with Crippen LogP contribution in [0.4, 0.5) is 29.1 Å². The summed E-state index contributed by atoms with van der Waals surface area (Å²) in [7, 11) is 0. The second-order valence-corrected chi connectivity index (χ2v) is 8.01. The molecular weight excluding hydrogens is 408 g/mol. The molecule has 2 aliphatic heterocycles. The van der Waals surface area contributed by atoms with Crippen LogP contribution in [0.25, 0.3) is 5.82 Å². The fourth-order valence-electron chi connectivity index (χ4n) is 4.02. The van der Waals surface area contributed by atoms with Gasteiger partial charge < -0.3 is 30.9 Å². The first-order chi connectivity index (χ1) is 15.7. The van der Waals surface area contributed by atoms with Gasteiger partial charge in [0.25, 0.3) is 0 Å². The Hall–Kier alpha value is -3.44. The smallest absolute Gasteiger partial charge is 0.248 e. The van der Waals surface area contributed by atoms with Gasteiger partial charge in [0.1, 0.15) is 12.1 Å². The highest BCUT2D eigenvalue weighted by Crippen LogP contribution is 2.22. The third kappa shape index (κ3) is 4.43. The molecule has 4 heterocycles. The standard InChI is InChI=1S/C21H28N10O/c1-15-13-30(7-6-23-15)18-12-19(25-14-24-18)31-20(22)27-21(28-31)26-16-2-4-17(5-3-16)29-8-10-32-11-9-29/h2-5,12,14-15,23H,6-11,13H2,1H3,(H3,22,26,27,28). The molecule has 0 aliphatic carbocycles. The molecular formula is C21H28N10O. The Morgan fingerprint density at radius 2 is 1.84 bits per heavy atom. The lowest BCUT2D eigenvalue weighted by Crippen LogP contribution is -2.49. The Morgan fingerprint density at radius 1 is 1.06 bits per heavy atom. The number of benzene rings is 1. The van der Waals surface area contributed by atoms with Crippen molar-refractivity contribution >= 4 is 29.1 Å². The number of nitrogens with one attached hydrogen (secondary N) is 2. The molecule has 4 N–H and O–H groups in total. The summed E-state index contributed by atoms with van der Waals surface area (Å²) in [6.45, 7) is 8.20. The number of morpholine rings is 1. The number of piperazine rings is 1. The third-order valence-electron chi connectivity index (χ3n) is 5.68. The molecule has 0 spiro atoms. The van der Waals surface area contributed by atoms with Gasteiger partial charge in [-0.25, -0.2) is 9.97 Å². The molecule has 11 heteroatoms. The zero-order chi connectivity index (χ0) is 21.9. The van der Waals surface area contributed by atoms with Crippen molar-refractivity contribution in [3.63, 3.8) is 0 Å². The highest BCUT2D eigenvalue weighted by Gasteiger charge is 2.19. The van der Waals surface area contributed by atoms with Crippen LogP contribution in [0.5, 0.6) is 0 Å². The SMILES string of the molecule is CC1CN(c2cc(-n3nc(Nc4ccc(N5CCOCC5)cc4)nc3N)ncn2)CCN1. The molecule has 168 valence electrons. The van der Waals surface area contributed by atoms with Gasteiger partial charge in [-0.1, -0.05) is 0 Å². The van der Waals surface area contributed by atoms with E-state index in [0.29, 0.717) is 17.8 Å². The van der Waals surface area contributed by atoms with Gasteiger partial charge in [0.15, 0.2) is 5.82 Å². The van der Waals surface area contributed by atoms with Crippen molar-refractivity contribution in [3.8, 4) is 5.82 Å². The van der Waals surface area contributed by atoms with Crippen molar-refractivity contribution in [3.05, 3.63) is 36.7 Å². The lowest BCUT2D eigenvalue weighted by molar-refractivity contribution is 0.122. The fourth-order valence-corrected chi connectivity index (χ4v) is 4.02. The van der Waals surface area contributed by atoms with E-state index < -0.39 is 0 Å². The number of ether oxygens (including phenoxy) is 1. The second kappa shape index (κ2) is 8.97. The number of anilines is 5. The Morgan fingerprint density at radius 3 is 2.62 bits per heavy atom. The molecule has 32 heavy (non-hydrogen) atoms. The minimum atomic E-state index is 0.260. The van der Waals surface area contributed by atoms with Crippen LogP contribution in [0.15, 0.2) is 36.7 Å². The van der Waals surface area contributed by atoms with Crippen molar-refractivity contribution in [1.82, 2.24) is 30.0 Å². The van der Waals surface area contributed by atoms with Gasteiger partial charge >= 0.3 is 0 Å². The van der Waals surface area contributed by atoms with E-state index in [0.717, 1.165) is 57.4 Å². The Labute approximate surface area is 186 Å². The maximum absolute atomic E-state index is 6.15. The van der Waals surface area contributed by atoms with Crippen LogP contribution in [-0.2, 0) is 4.74 Å². The molecule has 2 saturated heterocycles. The number of hydrogen-bond donors (Lipinski definition) is 3. The maximum atomic E-state index is 6.15. The molecule has 1 unspecified atom stereocenters. The van der Waals surface area contributed by atoms with Crippen LogP contribution in [0.2, 0.25) is 0 Å². The maximum Gasteiger partial charge on any atom is 0.248 e. The highest BCUT2D eigenvalue weighted by atomic mass is 16.5. The van der Waals surface area contributed by atoms with E-state index in [1.54, 1.807) is 0 Å². The van der Waals surface area contributed by atoms with Gasteiger partial charge in [0, 0.05) is 56.2 Å². The van der Waals surface area contributed by atoms with Crippen LogP contribution in [-0.4, -0.2) is 76.7 Å². The number of rotatable bonds is 5. The Balaban J connectivity index is 1.30. The predicted molar refractivity (Wildman–Crippen MR) is 124 cm³/mol. The average molecular weight is 437 g/mol. The summed E-state index contributed by atoms with van der Waals surface area (Å²) >= 11 is 0. The van der Waals surface area contributed by atoms with Crippen molar-refractivity contribution < 1.29 is 4.74 Å². The summed E-state index contributed by atoms with van der Waals surface area (Å²) < 4.78 is 6.95. The Bertz CT molecular complexity index is 1050. The zero-order valence-electron chi connectivity index (χ0n) is 18.1. The summed E-state index contributed by atoms with van der Waals surface area (Å²) in [5.74, 6) is 2.11. The van der Waals surface area contributed by atoms with E-state index in [9.17, 15) is 0 Å². The topological polar surface area (TPSA) is 122 Å². The number of nitrogens with two attached hydrogens (primary N) is 1. The summed E-state index contributed by atoms with van der Waals surface area (Å²) in [6, 6.07) is 10.5. The van der Waals surface area contributed by atoms with Gasteiger partial charge in [-0.3, -0.25) is 0 Å². The minimum absolute atomic E-state index is 0.260. The third-order valence-corrected chi connectivity index (χ3v) is 5.68. The predicted octanol–water partition coefficient (Wildman–Crippen LogP) is 1.02. The number of aromatic nitrogens is 5. The normalized spacial score (nSPS) is 19.2. The van der Waals surface area contributed by atoms with Crippen molar-refractivity contribution in [2.24, 2.45) is 0 Å². The minimum Gasteiger partial charge on any atom is -0.378 e. The molecule has 1 atom stereocenters.